The second-order valence-electron chi connectivity index (χ2n) is 2.49. The van der Waals surface area contributed by atoms with Gasteiger partial charge in [0.25, 0.3) is 0 Å². The average molecular weight is 210 g/mol. The van der Waals surface area contributed by atoms with Crippen LogP contribution in [0.15, 0.2) is 0 Å². The minimum Gasteiger partial charge on any atom is -0.329 e. The van der Waals surface area contributed by atoms with E-state index in [2.05, 4.69) is 11.5 Å². The van der Waals surface area contributed by atoms with Crippen molar-refractivity contribution in [2.75, 3.05) is 13.1 Å². The summed E-state index contributed by atoms with van der Waals surface area (Å²) in [6.45, 7) is -3.20. The standard InChI is InChI=1S/C5H8F6N2/c6-4(7,8)3(1-12,2-13)5(9,10)11/h1-2,12-13H2. The summed E-state index contributed by atoms with van der Waals surface area (Å²) >= 11 is 0. The van der Waals surface area contributed by atoms with Gasteiger partial charge in [-0.1, -0.05) is 0 Å². The van der Waals surface area contributed by atoms with E-state index in [0.717, 1.165) is 0 Å². The van der Waals surface area contributed by atoms with Gasteiger partial charge >= 0.3 is 12.4 Å². The predicted octanol–water partition coefficient (Wildman–Crippen LogP) is 1.01. The molecule has 8 heteroatoms. The summed E-state index contributed by atoms with van der Waals surface area (Å²) in [6.07, 6.45) is -11.0. The van der Waals surface area contributed by atoms with Crippen molar-refractivity contribution in [3.63, 3.8) is 0 Å². The second-order valence-corrected chi connectivity index (χ2v) is 2.49. The van der Waals surface area contributed by atoms with E-state index in [0.29, 0.717) is 0 Å². The fourth-order valence-corrected chi connectivity index (χ4v) is 0.707. The fourth-order valence-electron chi connectivity index (χ4n) is 0.707. The third-order valence-corrected chi connectivity index (χ3v) is 1.78. The summed E-state index contributed by atoms with van der Waals surface area (Å²) in [4.78, 5) is 0. The third kappa shape index (κ3) is 1.88. The first-order valence-corrected chi connectivity index (χ1v) is 3.16. The Bertz CT molecular complexity index is 151. The maximum Gasteiger partial charge on any atom is 0.405 e. The molecule has 0 aromatic carbocycles. The van der Waals surface area contributed by atoms with Gasteiger partial charge < -0.3 is 11.5 Å². The first-order chi connectivity index (χ1) is 5.62. The molecule has 0 aromatic rings. The van der Waals surface area contributed by atoms with Crippen LogP contribution in [0.1, 0.15) is 0 Å². The fraction of sp³-hybridized carbons (Fsp3) is 1.00. The van der Waals surface area contributed by atoms with E-state index in [-0.39, 0.29) is 0 Å². The van der Waals surface area contributed by atoms with Gasteiger partial charge in [-0.3, -0.25) is 0 Å². The summed E-state index contributed by atoms with van der Waals surface area (Å²) < 4.78 is 72.0. The van der Waals surface area contributed by atoms with Gasteiger partial charge in [-0.05, 0) is 0 Å². The number of rotatable bonds is 2. The van der Waals surface area contributed by atoms with Gasteiger partial charge in [0.2, 0.25) is 0 Å². The molecule has 0 bridgehead atoms. The largest absolute Gasteiger partial charge is 0.405 e. The van der Waals surface area contributed by atoms with E-state index in [1.165, 1.54) is 0 Å². The van der Waals surface area contributed by atoms with Crippen LogP contribution in [0.2, 0.25) is 0 Å². The van der Waals surface area contributed by atoms with Crippen molar-refractivity contribution in [2.45, 2.75) is 12.4 Å². The zero-order valence-electron chi connectivity index (χ0n) is 6.34. The van der Waals surface area contributed by atoms with Crippen molar-refractivity contribution < 1.29 is 26.3 Å². The number of hydrogen-bond donors (Lipinski definition) is 2. The summed E-state index contributed by atoms with van der Waals surface area (Å²) in [5, 5.41) is 0. The zero-order chi connectivity index (χ0) is 10.9. The molecule has 2 nitrogen and oxygen atoms in total. The summed E-state index contributed by atoms with van der Waals surface area (Å²) in [5.41, 5.74) is 4.96. The first kappa shape index (κ1) is 12.5. The van der Waals surface area contributed by atoms with E-state index < -0.39 is 30.9 Å². The zero-order valence-corrected chi connectivity index (χ0v) is 6.34. The van der Waals surface area contributed by atoms with Gasteiger partial charge in [-0.2, -0.15) is 26.3 Å². The highest BCUT2D eigenvalue weighted by molar-refractivity contribution is 4.94. The third-order valence-electron chi connectivity index (χ3n) is 1.78. The maximum absolute atomic E-state index is 12.0. The SMILES string of the molecule is NCC(CN)(C(F)(F)F)C(F)(F)F. The highest BCUT2D eigenvalue weighted by Gasteiger charge is 2.69. The molecule has 0 radical (unpaired) electrons. The molecule has 0 aromatic heterocycles. The van der Waals surface area contributed by atoms with Crippen molar-refractivity contribution in [1.82, 2.24) is 0 Å². The Hall–Kier alpha value is -0.500. The van der Waals surface area contributed by atoms with Crippen LogP contribution in [-0.4, -0.2) is 25.4 Å². The Labute approximate surface area is 69.9 Å². The number of nitrogens with two attached hydrogens (primary N) is 2. The Morgan fingerprint density at radius 3 is 0.923 bits per heavy atom. The minimum atomic E-state index is -5.48. The van der Waals surface area contributed by atoms with E-state index in [1.54, 1.807) is 0 Å². The van der Waals surface area contributed by atoms with Gasteiger partial charge in [0, 0.05) is 13.1 Å². The van der Waals surface area contributed by atoms with Crippen molar-refractivity contribution in [3.8, 4) is 0 Å². The Morgan fingerprint density at radius 1 is 0.692 bits per heavy atom. The molecule has 0 atom stereocenters. The molecular weight excluding hydrogens is 202 g/mol. The molecule has 0 heterocycles. The molecule has 0 aliphatic heterocycles. The van der Waals surface area contributed by atoms with Crippen LogP contribution >= 0.6 is 0 Å². The van der Waals surface area contributed by atoms with Crippen molar-refractivity contribution in [1.29, 1.82) is 0 Å². The van der Waals surface area contributed by atoms with E-state index in [4.69, 9.17) is 0 Å². The van der Waals surface area contributed by atoms with Crippen molar-refractivity contribution >= 4 is 0 Å². The van der Waals surface area contributed by atoms with E-state index in [1.807, 2.05) is 0 Å². The molecule has 0 rings (SSSR count). The molecule has 80 valence electrons. The first-order valence-electron chi connectivity index (χ1n) is 3.16. The van der Waals surface area contributed by atoms with Gasteiger partial charge in [0.15, 0.2) is 5.41 Å². The lowest BCUT2D eigenvalue weighted by molar-refractivity contribution is -0.332. The average Bonchev–Trinajstić information content (AvgIpc) is 1.84. The Kier molecular flexibility index (Phi) is 3.21. The lowest BCUT2D eigenvalue weighted by atomic mass is 9.86. The number of alkyl halides is 6. The molecule has 0 fully saturated rings. The van der Waals surface area contributed by atoms with Crippen LogP contribution in [0, 0.1) is 5.41 Å². The van der Waals surface area contributed by atoms with Gasteiger partial charge in [0.05, 0.1) is 0 Å². The summed E-state index contributed by atoms with van der Waals surface area (Å²) in [5.74, 6) is 0. The lowest BCUT2D eigenvalue weighted by Gasteiger charge is -2.34. The molecule has 4 N–H and O–H groups in total. The van der Waals surface area contributed by atoms with Crippen molar-refractivity contribution in [2.24, 2.45) is 16.9 Å². The molecule has 0 aliphatic carbocycles. The van der Waals surface area contributed by atoms with Gasteiger partial charge in [-0.15, -0.1) is 0 Å². The second kappa shape index (κ2) is 3.33. The maximum atomic E-state index is 12.0. The monoisotopic (exact) mass is 210 g/mol. The molecule has 0 aliphatic rings. The highest BCUT2D eigenvalue weighted by Crippen LogP contribution is 2.48. The Morgan fingerprint density at radius 2 is 0.923 bits per heavy atom. The summed E-state index contributed by atoms with van der Waals surface area (Å²) in [7, 11) is 0. The molecule has 0 spiro atoms. The molecule has 0 saturated carbocycles. The van der Waals surface area contributed by atoms with Crippen LogP contribution in [0.25, 0.3) is 0 Å². The number of halogens is 6. The Balaban J connectivity index is 5.17. The van der Waals surface area contributed by atoms with Crippen LogP contribution in [0.3, 0.4) is 0 Å². The van der Waals surface area contributed by atoms with Gasteiger partial charge in [-0.25, -0.2) is 0 Å². The minimum absolute atomic E-state index is 1.60. The molecule has 0 unspecified atom stereocenters. The van der Waals surface area contributed by atoms with Gasteiger partial charge in [0.1, 0.15) is 0 Å². The van der Waals surface area contributed by atoms with Crippen LogP contribution in [0.5, 0.6) is 0 Å². The molecule has 13 heavy (non-hydrogen) atoms. The van der Waals surface area contributed by atoms with Crippen LogP contribution in [0.4, 0.5) is 26.3 Å². The number of hydrogen-bond acceptors (Lipinski definition) is 2. The highest BCUT2D eigenvalue weighted by atomic mass is 19.4. The van der Waals surface area contributed by atoms with Crippen molar-refractivity contribution in [3.05, 3.63) is 0 Å². The van der Waals surface area contributed by atoms with Crippen LogP contribution in [-0.2, 0) is 0 Å². The summed E-state index contributed by atoms with van der Waals surface area (Å²) in [6, 6.07) is 0. The normalized spacial score (nSPS) is 14.8. The molecule has 0 saturated heterocycles. The quantitative estimate of drug-likeness (QED) is 0.668. The lowest BCUT2D eigenvalue weighted by Crippen LogP contribution is -2.59. The molecule has 0 amide bonds. The smallest absolute Gasteiger partial charge is 0.329 e. The topological polar surface area (TPSA) is 52.0 Å². The molecular formula is C5H8F6N2. The van der Waals surface area contributed by atoms with E-state index in [9.17, 15) is 26.3 Å². The van der Waals surface area contributed by atoms with Crippen LogP contribution < -0.4 is 11.5 Å². The van der Waals surface area contributed by atoms with E-state index >= 15 is 0 Å². The predicted molar refractivity (Wildman–Crippen MR) is 32.7 cm³/mol.